The van der Waals surface area contributed by atoms with Crippen molar-refractivity contribution in [3.05, 3.63) is 28.2 Å². The Bertz CT molecular complexity index is 450. The van der Waals surface area contributed by atoms with E-state index in [0.29, 0.717) is 13.1 Å². The largest absolute Gasteiger partial charge is 0.371 e. The smallest absolute Gasteiger partial charge is 0.222 e. The molecule has 18 heavy (non-hydrogen) atoms. The molecular formula is C13H18BrN3O. The second-order valence-electron chi connectivity index (χ2n) is 4.71. The minimum Gasteiger partial charge on any atom is -0.371 e. The van der Waals surface area contributed by atoms with Gasteiger partial charge in [0.05, 0.1) is 5.92 Å². The average molecular weight is 312 g/mol. The second kappa shape index (κ2) is 5.71. The number of carbonyl (C=O) groups is 1. The summed E-state index contributed by atoms with van der Waals surface area (Å²) in [7, 11) is 0. The highest BCUT2D eigenvalue weighted by atomic mass is 79.9. The van der Waals surface area contributed by atoms with Gasteiger partial charge in [-0.15, -0.1) is 0 Å². The van der Waals surface area contributed by atoms with Crippen LogP contribution in [0.15, 0.2) is 22.7 Å². The third kappa shape index (κ3) is 3.03. The Hall–Kier alpha value is -1.07. The Morgan fingerprint density at radius 3 is 2.89 bits per heavy atom. The van der Waals surface area contributed by atoms with E-state index in [2.05, 4.69) is 33.0 Å². The third-order valence-electron chi connectivity index (χ3n) is 3.37. The molecule has 0 saturated carbocycles. The monoisotopic (exact) mass is 311 g/mol. The molecule has 1 amide bonds. The zero-order valence-electron chi connectivity index (χ0n) is 10.2. The van der Waals surface area contributed by atoms with Crippen molar-refractivity contribution < 1.29 is 4.79 Å². The van der Waals surface area contributed by atoms with Crippen LogP contribution in [0, 0.1) is 5.92 Å². The first kappa shape index (κ1) is 13.4. The first-order chi connectivity index (χ1) is 8.60. The molecule has 1 heterocycles. The number of halogens is 1. The Balaban J connectivity index is 2.20. The molecule has 1 unspecified atom stereocenters. The van der Waals surface area contributed by atoms with Crippen molar-refractivity contribution in [1.82, 2.24) is 0 Å². The molecule has 4 nitrogen and oxygen atoms in total. The van der Waals surface area contributed by atoms with E-state index >= 15 is 0 Å². The summed E-state index contributed by atoms with van der Waals surface area (Å²) in [5.41, 5.74) is 13.3. The van der Waals surface area contributed by atoms with Gasteiger partial charge in [0.15, 0.2) is 0 Å². The predicted octanol–water partition coefficient (Wildman–Crippen LogP) is 1.61. The molecule has 4 N–H and O–H groups in total. The molecule has 1 saturated heterocycles. The maximum atomic E-state index is 11.3. The van der Waals surface area contributed by atoms with Gasteiger partial charge in [0.1, 0.15) is 0 Å². The van der Waals surface area contributed by atoms with Crippen LogP contribution < -0.4 is 16.4 Å². The van der Waals surface area contributed by atoms with Gasteiger partial charge < -0.3 is 16.4 Å². The van der Waals surface area contributed by atoms with E-state index in [1.807, 2.05) is 6.07 Å². The normalized spacial score (nSPS) is 19.9. The SMILES string of the molecule is NCc1cc(Br)cc(N2CCCC(C(N)=O)C2)c1. The number of hydrogen-bond acceptors (Lipinski definition) is 3. The first-order valence-electron chi connectivity index (χ1n) is 6.14. The molecule has 0 bridgehead atoms. The molecule has 0 spiro atoms. The summed E-state index contributed by atoms with van der Waals surface area (Å²) in [6.45, 7) is 2.18. The zero-order valence-corrected chi connectivity index (χ0v) is 11.8. The van der Waals surface area contributed by atoms with Gasteiger partial charge in [-0.05, 0) is 36.6 Å². The van der Waals surface area contributed by atoms with E-state index < -0.39 is 0 Å². The van der Waals surface area contributed by atoms with Crippen LogP contribution in [0.3, 0.4) is 0 Å². The fourth-order valence-corrected chi connectivity index (χ4v) is 2.91. The standard InChI is InChI=1S/C13H18BrN3O/c14-11-4-9(7-15)5-12(6-11)17-3-1-2-10(8-17)13(16)18/h4-6,10H,1-3,7-8,15H2,(H2,16,18). The number of anilines is 1. The van der Waals surface area contributed by atoms with Gasteiger partial charge in [-0.3, -0.25) is 4.79 Å². The average Bonchev–Trinajstić information content (AvgIpc) is 2.38. The summed E-state index contributed by atoms with van der Waals surface area (Å²) >= 11 is 3.49. The highest BCUT2D eigenvalue weighted by Crippen LogP contribution is 2.27. The van der Waals surface area contributed by atoms with Gasteiger partial charge in [-0.25, -0.2) is 0 Å². The molecular weight excluding hydrogens is 294 g/mol. The molecule has 1 atom stereocenters. The van der Waals surface area contributed by atoms with Crippen molar-refractivity contribution in [3.63, 3.8) is 0 Å². The summed E-state index contributed by atoms with van der Waals surface area (Å²) in [5, 5.41) is 0. The van der Waals surface area contributed by atoms with Crippen molar-refractivity contribution in [2.45, 2.75) is 19.4 Å². The molecule has 98 valence electrons. The number of primary amides is 1. The molecule has 5 heteroatoms. The highest BCUT2D eigenvalue weighted by molar-refractivity contribution is 9.10. The van der Waals surface area contributed by atoms with Crippen molar-refractivity contribution in [1.29, 1.82) is 0 Å². The fraction of sp³-hybridized carbons (Fsp3) is 0.462. The number of benzene rings is 1. The van der Waals surface area contributed by atoms with Crippen LogP contribution in [0.5, 0.6) is 0 Å². The number of carbonyl (C=O) groups excluding carboxylic acids is 1. The molecule has 0 aliphatic carbocycles. The van der Waals surface area contributed by atoms with E-state index in [9.17, 15) is 4.79 Å². The van der Waals surface area contributed by atoms with E-state index in [1.165, 1.54) is 0 Å². The van der Waals surface area contributed by atoms with Crippen LogP contribution in [0.1, 0.15) is 18.4 Å². The van der Waals surface area contributed by atoms with Gasteiger partial charge in [0, 0.05) is 29.8 Å². The van der Waals surface area contributed by atoms with Gasteiger partial charge in [-0.2, -0.15) is 0 Å². The van der Waals surface area contributed by atoms with E-state index in [4.69, 9.17) is 11.5 Å². The molecule has 1 aromatic rings. The number of piperidine rings is 1. The van der Waals surface area contributed by atoms with Gasteiger partial charge >= 0.3 is 0 Å². The predicted molar refractivity (Wildman–Crippen MR) is 76.2 cm³/mol. The van der Waals surface area contributed by atoms with E-state index in [1.54, 1.807) is 0 Å². The first-order valence-corrected chi connectivity index (χ1v) is 6.93. The lowest BCUT2D eigenvalue weighted by Gasteiger charge is -2.33. The molecule has 1 fully saturated rings. The molecule has 0 aromatic heterocycles. The lowest BCUT2D eigenvalue weighted by molar-refractivity contribution is -0.122. The summed E-state index contributed by atoms with van der Waals surface area (Å²) in [6, 6.07) is 6.15. The quantitative estimate of drug-likeness (QED) is 0.890. The molecule has 1 aromatic carbocycles. The minimum absolute atomic E-state index is 0.0425. The number of nitrogens with two attached hydrogens (primary N) is 2. The number of amides is 1. The summed E-state index contributed by atoms with van der Waals surface area (Å²) < 4.78 is 1.02. The number of nitrogens with zero attached hydrogens (tertiary/aromatic N) is 1. The fourth-order valence-electron chi connectivity index (χ4n) is 2.38. The molecule has 1 aliphatic heterocycles. The lowest BCUT2D eigenvalue weighted by Crippen LogP contribution is -2.41. The summed E-state index contributed by atoms with van der Waals surface area (Å²) in [4.78, 5) is 13.5. The minimum atomic E-state index is -0.200. The van der Waals surface area contributed by atoms with Crippen molar-refractivity contribution >= 4 is 27.5 Å². The molecule has 1 aliphatic rings. The van der Waals surface area contributed by atoms with Crippen molar-refractivity contribution in [2.24, 2.45) is 17.4 Å². The van der Waals surface area contributed by atoms with Crippen LogP contribution in [0.2, 0.25) is 0 Å². The Morgan fingerprint density at radius 1 is 1.44 bits per heavy atom. The maximum absolute atomic E-state index is 11.3. The van der Waals surface area contributed by atoms with Crippen molar-refractivity contribution in [2.75, 3.05) is 18.0 Å². The Morgan fingerprint density at radius 2 is 2.22 bits per heavy atom. The third-order valence-corrected chi connectivity index (χ3v) is 3.82. The number of hydrogen-bond donors (Lipinski definition) is 2. The Labute approximate surface area is 115 Å². The van der Waals surface area contributed by atoms with Gasteiger partial charge in [0.2, 0.25) is 5.91 Å². The summed E-state index contributed by atoms with van der Waals surface area (Å²) in [5.74, 6) is -0.243. The zero-order chi connectivity index (χ0) is 13.1. The lowest BCUT2D eigenvalue weighted by atomic mass is 9.97. The molecule has 2 rings (SSSR count). The Kier molecular flexibility index (Phi) is 4.24. The highest BCUT2D eigenvalue weighted by Gasteiger charge is 2.24. The van der Waals surface area contributed by atoms with Gasteiger partial charge in [-0.1, -0.05) is 15.9 Å². The topological polar surface area (TPSA) is 72.3 Å². The maximum Gasteiger partial charge on any atom is 0.222 e. The van der Waals surface area contributed by atoms with Crippen LogP contribution in [-0.4, -0.2) is 19.0 Å². The van der Waals surface area contributed by atoms with Crippen LogP contribution >= 0.6 is 15.9 Å². The second-order valence-corrected chi connectivity index (χ2v) is 5.63. The van der Waals surface area contributed by atoms with Crippen LogP contribution in [0.4, 0.5) is 5.69 Å². The van der Waals surface area contributed by atoms with Crippen molar-refractivity contribution in [3.8, 4) is 0 Å². The van der Waals surface area contributed by atoms with Crippen LogP contribution in [0.25, 0.3) is 0 Å². The van der Waals surface area contributed by atoms with E-state index in [-0.39, 0.29) is 11.8 Å². The van der Waals surface area contributed by atoms with E-state index in [0.717, 1.165) is 35.1 Å². The summed E-state index contributed by atoms with van der Waals surface area (Å²) in [6.07, 6.45) is 1.89. The van der Waals surface area contributed by atoms with Crippen LogP contribution in [-0.2, 0) is 11.3 Å². The molecule has 0 radical (unpaired) electrons. The van der Waals surface area contributed by atoms with Gasteiger partial charge in [0.25, 0.3) is 0 Å². The number of rotatable bonds is 3.